The fraction of sp³-hybridized carbons (Fsp3) is 0.600. The summed E-state index contributed by atoms with van der Waals surface area (Å²) in [4.78, 5) is 2.27. The zero-order valence-corrected chi connectivity index (χ0v) is 11.0. The van der Waals surface area contributed by atoms with E-state index in [9.17, 15) is 9.50 Å². The molecule has 1 aromatic rings. The maximum Gasteiger partial charge on any atom is 0.123 e. The molecule has 1 heterocycles. The molecule has 1 N–H and O–H groups in total. The summed E-state index contributed by atoms with van der Waals surface area (Å²) in [5, 5.41) is 10.2. The summed E-state index contributed by atoms with van der Waals surface area (Å²) in [6.07, 6.45) is 3.31. The van der Waals surface area contributed by atoms with E-state index in [-0.39, 0.29) is 5.82 Å². The van der Waals surface area contributed by atoms with E-state index in [0.29, 0.717) is 18.3 Å². The van der Waals surface area contributed by atoms with Crippen molar-refractivity contribution in [3.8, 4) is 5.75 Å². The minimum atomic E-state index is -0.391. The van der Waals surface area contributed by atoms with Crippen LogP contribution in [0.2, 0.25) is 0 Å². The molecule has 3 nitrogen and oxygen atoms in total. The van der Waals surface area contributed by atoms with Gasteiger partial charge in [0.15, 0.2) is 0 Å². The van der Waals surface area contributed by atoms with E-state index < -0.39 is 5.60 Å². The van der Waals surface area contributed by atoms with Crippen molar-refractivity contribution < 1.29 is 14.2 Å². The third-order valence-electron chi connectivity index (χ3n) is 4.03. The molecule has 4 heteroatoms. The van der Waals surface area contributed by atoms with E-state index in [4.69, 9.17) is 4.74 Å². The lowest BCUT2D eigenvalue weighted by Crippen LogP contribution is -2.63. The Morgan fingerprint density at radius 1 is 1.26 bits per heavy atom. The van der Waals surface area contributed by atoms with Crippen molar-refractivity contribution in [2.24, 2.45) is 5.92 Å². The Hall–Kier alpha value is -1.13. The summed E-state index contributed by atoms with van der Waals surface area (Å²) in [5.41, 5.74) is -0.391. The number of ether oxygens (including phenoxy) is 1. The second-order valence-corrected chi connectivity index (χ2v) is 5.74. The van der Waals surface area contributed by atoms with Gasteiger partial charge < -0.3 is 9.84 Å². The molecule has 2 aliphatic rings. The molecule has 104 valence electrons. The number of likely N-dealkylation sites (tertiary alicyclic amines) is 1. The van der Waals surface area contributed by atoms with Crippen LogP contribution >= 0.6 is 0 Å². The molecule has 0 atom stereocenters. The minimum Gasteiger partial charge on any atom is -0.494 e. The topological polar surface area (TPSA) is 32.7 Å². The lowest BCUT2D eigenvalue weighted by atomic mass is 9.89. The van der Waals surface area contributed by atoms with Crippen molar-refractivity contribution in [2.45, 2.75) is 24.9 Å². The van der Waals surface area contributed by atoms with E-state index in [1.807, 2.05) is 0 Å². The molecule has 0 amide bonds. The Balaban J connectivity index is 1.31. The average molecular weight is 265 g/mol. The Morgan fingerprint density at radius 3 is 2.58 bits per heavy atom. The van der Waals surface area contributed by atoms with Crippen LogP contribution < -0.4 is 4.74 Å². The first kappa shape index (κ1) is 12.9. The highest BCUT2D eigenvalue weighted by Crippen LogP contribution is 2.44. The van der Waals surface area contributed by atoms with Crippen LogP contribution in [0.5, 0.6) is 5.75 Å². The zero-order valence-electron chi connectivity index (χ0n) is 11.0. The van der Waals surface area contributed by atoms with Gasteiger partial charge in [-0.2, -0.15) is 0 Å². The fourth-order valence-corrected chi connectivity index (χ4v) is 2.77. The predicted octanol–water partition coefficient (Wildman–Crippen LogP) is 2.05. The van der Waals surface area contributed by atoms with Gasteiger partial charge in [0.25, 0.3) is 0 Å². The Kier molecular flexibility index (Phi) is 3.46. The Labute approximate surface area is 113 Å². The summed E-state index contributed by atoms with van der Waals surface area (Å²) in [7, 11) is 0. The molecule has 0 unspecified atom stereocenters. The van der Waals surface area contributed by atoms with Crippen LogP contribution in [0.3, 0.4) is 0 Å². The molecule has 1 saturated carbocycles. The minimum absolute atomic E-state index is 0.243. The lowest BCUT2D eigenvalue weighted by molar-refractivity contribution is -0.113. The second kappa shape index (κ2) is 5.10. The van der Waals surface area contributed by atoms with Gasteiger partial charge in [0.2, 0.25) is 0 Å². The third kappa shape index (κ3) is 3.07. The first-order chi connectivity index (χ1) is 9.16. The van der Waals surface area contributed by atoms with Crippen LogP contribution in [0, 0.1) is 11.7 Å². The quantitative estimate of drug-likeness (QED) is 0.799. The van der Waals surface area contributed by atoms with E-state index in [1.54, 1.807) is 12.1 Å². The molecule has 1 aliphatic heterocycles. The number of rotatable bonds is 6. The van der Waals surface area contributed by atoms with Gasteiger partial charge >= 0.3 is 0 Å². The number of aliphatic hydroxyl groups is 1. The molecule has 0 bridgehead atoms. The highest BCUT2D eigenvalue weighted by Gasteiger charge is 2.51. The van der Waals surface area contributed by atoms with Crippen LogP contribution in [0.15, 0.2) is 24.3 Å². The largest absolute Gasteiger partial charge is 0.494 e. The molecule has 19 heavy (non-hydrogen) atoms. The van der Waals surface area contributed by atoms with Gasteiger partial charge in [-0.3, -0.25) is 4.90 Å². The average Bonchev–Trinajstić information content (AvgIpc) is 3.18. The van der Waals surface area contributed by atoms with Gasteiger partial charge in [-0.15, -0.1) is 0 Å². The van der Waals surface area contributed by atoms with Crippen LogP contribution in [-0.4, -0.2) is 41.8 Å². The van der Waals surface area contributed by atoms with Crippen molar-refractivity contribution in [2.75, 3.05) is 26.2 Å². The molecule has 1 saturated heterocycles. The lowest BCUT2D eigenvalue weighted by Gasteiger charge is -2.47. The maximum atomic E-state index is 12.7. The predicted molar refractivity (Wildman–Crippen MR) is 70.6 cm³/mol. The molecule has 1 aromatic carbocycles. The summed E-state index contributed by atoms with van der Waals surface area (Å²) >= 11 is 0. The highest BCUT2D eigenvalue weighted by atomic mass is 19.1. The normalized spacial score (nSPS) is 22.0. The van der Waals surface area contributed by atoms with Gasteiger partial charge in [-0.1, -0.05) is 0 Å². The molecule has 0 spiro atoms. The van der Waals surface area contributed by atoms with Gasteiger partial charge in [-0.05, 0) is 49.4 Å². The number of halogens is 1. The van der Waals surface area contributed by atoms with Crippen molar-refractivity contribution in [3.05, 3.63) is 30.1 Å². The fourth-order valence-electron chi connectivity index (χ4n) is 2.77. The summed E-state index contributed by atoms with van der Waals surface area (Å²) in [6, 6.07) is 6.09. The maximum absolute atomic E-state index is 12.7. The molecule has 0 aromatic heterocycles. The molecule has 1 aliphatic carbocycles. The monoisotopic (exact) mass is 265 g/mol. The smallest absolute Gasteiger partial charge is 0.123 e. The molecule has 2 fully saturated rings. The SMILES string of the molecule is OC1(C2CC2)CN(CCCOc2ccc(F)cc2)C1. The molecule has 3 rings (SSSR count). The van der Waals surface area contributed by atoms with Gasteiger partial charge in [0.05, 0.1) is 12.2 Å². The van der Waals surface area contributed by atoms with Crippen LogP contribution in [0.1, 0.15) is 19.3 Å². The van der Waals surface area contributed by atoms with Crippen LogP contribution in [-0.2, 0) is 0 Å². The number of benzene rings is 1. The summed E-state index contributed by atoms with van der Waals surface area (Å²) < 4.78 is 18.2. The van der Waals surface area contributed by atoms with Gasteiger partial charge in [0.1, 0.15) is 11.6 Å². The van der Waals surface area contributed by atoms with Crippen molar-refractivity contribution in [1.82, 2.24) is 4.90 Å². The number of hydrogen-bond donors (Lipinski definition) is 1. The van der Waals surface area contributed by atoms with Crippen LogP contribution in [0.4, 0.5) is 4.39 Å². The molecular formula is C15H20FNO2. The van der Waals surface area contributed by atoms with Crippen molar-refractivity contribution in [1.29, 1.82) is 0 Å². The summed E-state index contributed by atoms with van der Waals surface area (Å²) in [5.74, 6) is 1.02. The Bertz CT molecular complexity index is 424. The standard InChI is InChI=1S/C15H20FNO2/c16-13-4-6-14(7-5-13)19-9-1-8-17-10-15(18,11-17)12-2-3-12/h4-7,12,18H,1-3,8-11H2. The number of β-amino-alcohol motifs (C(OH)–C–C–N with tert-alkyl or cyclic N) is 1. The zero-order chi connectivity index (χ0) is 13.3. The number of nitrogens with zero attached hydrogens (tertiary/aromatic N) is 1. The van der Waals surface area contributed by atoms with E-state index in [0.717, 1.165) is 26.1 Å². The van der Waals surface area contributed by atoms with E-state index in [2.05, 4.69) is 4.90 Å². The summed E-state index contributed by atoms with van der Waals surface area (Å²) in [6.45, 7) is 3.21. The van der Waals surface area contributed by atoms with E-state index >= 15 is 0 Å². The second-order valence-electron chi connectivity index (χ2n) is 5.74. The van der Waals surface area contributed by atoms with Crippen LogP contribution in [0.25, 0.3) is 0 Å². The molecular weight excluding hydrogens is 245 g/mol. The van der Waals surface area contributed by atoms with E-state index in [1.165, 1.54) is 25.0 Å². The first-order valence-corrected chi connectivity index (χ1v) is 6.99. The highest BCUT2D eigenvalue weighted by molar-refractivity contribution is 5.21. The first-order valence-electron chi connectivity index (χ1n) is 6.99. The molecule has 0 radical (unpaired) electrons. The van der Waals surface area contributed by atoms with Gasteiger partial charge in [0, 0.05) is 19.6 Å². The van der Waals surface area contributed by atoms with Gasteiger partial charge in [-0.25, -0.2) is 4.39 Å². The van der Waals surface area contributed by atoms with Crippen molar-refractivity contribution in [3.63, 3.8) is 0 Å². The van der Waals surface area contributed by atoms with Crippen molar-refractivity contribution >= 4 is 0 Å². The third-order valence-corrected chi connectivity index (χ3v) is 4.03. The number of hydrogen-bond acceptors (Lipinski definition) is 3. The Morgan fingerprint density at radius 2 is 1.95 bits per heavy atom.